The fraction of sp³-hybridized carbons (Fsp3) is 0.444. The number of hydrogen-bond acceptors (Lipinski definition) is 3. The zero-order valence-corrected chi connectivity index (χ0v) is 13.6. The molecule has 1 aromatic carbocycles. The Morgan fingerprint density at radius 1 is 1.00 bits per heavy atom. The Hall–Kier alpha value is -1.90. The van der Waals surface area contributed by atoms with Crippen molar-refractivity contribution in [2.45, 2.75) is 53.1 Å². The molecule has 0 unspecified atom stereocenters. The second-order valence-electron chi connectivity index (χ2n) is 6.08. The highest BCUT2D eigenvalue weighted by Crippen LogP contribution is 2.21. The van der Waals surface area contributed by atoms with Gasteiger partial charge in [-0.15, -0.1) is 0 Å². The van der Waals surface area contributed by atoms with Gasteiger partial charge in [-0.3, -0.25) is 0 Å². The molecule has 112 valence electrons. The lowest BCUT2D eigenvalue weighted by molar-refractivity contribution is 0.291. The molecular formula is C18H24N2O. The van der Waals surface area contributed by atoms with Crippen LogP contribution < -0.4 is 4.74 Å². The smallest absolute Gasteiger partial charge is 0.217 e. The molecule has 0 bridgehead atoms. The summed E-state index contributed by atoms with van der Waals surface area (Å²) in [4.78, 5) is 9.13. The zero-order valence-electron chi connectivity index (χ0n) is 13.6. The van der Waals surface area contributed by atoms with Gasteiger partial charge in [0, 0.05) is 12.0 Å². The van der Waals surface area contributed by atoms with Gasteiger partial charge in [0.1, 0.15) is 12.4 Å². The van der Waals surface area contributed by atoms with Crippen molar-refractivity contribution in [3.63, 3.8) is 0 Å². The Balaban J connectivity index is 2.19. The van der Waals surface area contributed by atoms with Crippen molar-refractivity contribution in [2.75, 3.05) is 0 Å². The molecule has 0 amide bonds. The Bertz CT molecular complexity index is 580. The molecule has 0 spiro atoms. The highest BCUT2D eigenvalue weighted by molar-refractivity contribution is 5.23. The van der Waals surface area contributed by atoms with E-state index in [4.69, 9.17) is 4.74 Å². The van der Waals surface area contributed by atoms with E-state index in [1.165, 1.54) is 5.56 Å². The molecule has 0 radical (unpaired) electrons. The van der Waals surface area contributed by atoms with Crippen LogP contribution in [0, 0.1) is 6.92 Å². The maximum absolute atomic E-state index is 5.88. The van der Waals surface area contributed by atoms with E-state index < -0.39 is 0 Å². The second-order valence-corrected chi connectivity index (χ2v) is 6.08. The predicted octanol–water partition coefficient (Wildman–Crippen LogP) is 4.61. The molecule has 0 saturated heterocycles. The van der Waals surface area contributed by atoms with E-state index in [0.29, 0.717) is 24.3 Å². The molecule has 2 rings (SSSR count). The van der Waals surface area contributed by atoms with E-state index >= 15 is 0 Å². The quantitative estimate of drug-likeness (QED) is 0.804. The Kier molecular flexibility index (Phi) is 4.94. The third kappa shape index (κ3) is 4.28. The number of nitrogens with zero attached hydrogens (tertiary/aromatic N) is 2. The van der Waals surface area contributed by atoms with Crippen LogP contribution in [0.5, 0.6) is 5.88 Å². The van der Waals surface area contributed by atoms with Gasteiger partial charge in [0.15, 0.2) is 0 Å². The maximum atomic E-state index is 5.88. The Morgan fingerprint density at radius 3 is 2.38 bits per heavy atom. The first kappa shape index (κ1) is 15.5. The van der Waals surface area contributed by atoms with Gasteiger partial charge in [0.2, 0.25) is 5.88 Å². The molecule has 0 aliphatic carbocycles. The summed E-state index contributed by atoms with van der Waals surface area (Å²) in [7, 11) is 0. The monoisotopic (exact) mass is 284 g/mol. The van der Waals surface area contributed by atoms with Crippen LogP contribution in [0.2, 0.25) is 0 Å². The maximum Gasteiger partial charge on any atom is 0.217 e. The molecule has 0 aliphatic rings. The zero-order chi connectivity index (χ0) is 15.4. The molecule has 21 heavy (non-hydrogen) atoms. The largest absolute Gasteiger partial charge is 0.473 e. The van der Waals surface area contributed by atoms with E-state index in [-0.39, 0.29) is 0 Å². The standard InChI is InChI=1S/C18H24N2O/c1-12(2)16-10-17(20-18(19-16)13(3)4)21-11-15-8-6-7-14(5)9-15/h6-10,12-13H,11H2,1-5H3. The first-order valence-electron chi connectivity index (χ1n) is 7.53. The van der Waals surface area contributed by atoms with Crippen LogP contribution in [0.1, 0.15) is 62.2 Å². The van der Waals surface area contributed by atoms with E-state index in [0.717, 1.165) is 17.1 Å². The topological polar surface area (TPSA) is 35.0 Å². The van der Waals surface area contributed by atoms with Gasteiger partial charge in [-0.2, -0.15) is 4.98 Å². The minimum absolute atomic E-state index is 0.296. The van der Waals surface area contributed by atoms with Crippen molar-refractivity contribution < 1.29 is 4.74 Å². The van der Waals surface area contributed by atoms with Crippen molar-refractivity contribution in [1.82, 2.24) is 9.97 Å². The number of benzene rings is 1. The number of rotatable bonds is 5. The lowest BCUT2D eigenvalue weighted by Gasteiger charge is -2.13. The molecule has 0 N–H and O–H groups in total. The molecule has 3 nitrogen and oxygen atoms in total. The van der Waals surface area contributed by atoms with Crippen LogP contribution in [0.15, 0.2) is 30.3 Å². The third-order valence-electron chi connectivity index (χ3n) is 3.32. The summed E-state index contributed by atoms with van der Waals surface area (Å²) in [6.07, 6.45) is 0. The second kappa shape index (κ2) is 6.70. The minimum atomic E-state index is 0.296. The number of aryl methyl sites for hydroxylation is 1. The SMILES string of the molecule is Cc1cccc(COc2cc(C(C)C)nc(C(C)C)n2)c1. The molecule has 0 saturated carbocycles. The van der Waals surface area contributed by atoms with Gasteiger partial charge >= 0.3 is 0 Å². The average molecular weight is 284 g/mol. The van der Waals surface area contributed by atoms with Gasteiger partial charge in [-0.25, -0.2) is 4.98 Å². The summed E-state index contributed by atoms with van der Waals surface area (Å²) in [6.45, 7) is 11.1. The van der Waals surface area contributed by atoms with E-state index in [1.54, 1.807) is 0 Å². The normalized spacial score (nSPS) is 11.2. The van der Waals surface area contributed by atoms with E-state index in [2.05, 4.69) is 62.8 Å². The van der Waals surface area contributed by atoms with Gasteiger partial charge < -0.3 is 4.74 Å². The molecular weight excluding hydrogens is 260 g/mol. The lowest BCUT2D eigenvalue weighted by Crippen LogP contribution is -2.06. The van der Waals surface area contributed by atoms with Gasteiger partial charge in [-0.1, -0.05) is 57.5 Å². The molecule has 1 aromatic heterocycles. The fourth-order valence-electron chi connectivity index (χ4n) is 2.05. The van der Waals surface area contributed by atoms with Gasteiger partial charge in [0.05, 0.1) is 5.69 Å². The summed E-state index contributed by atoms with van der Waals surface area (Å²) >= 11 is 0. The molecule has 3 heteroatoms. The van der Waals surface area contributed by atoms with Crippen LogP contribution in [-0.2, 0) is 6.61 Å². The van der Waals surface area contributed by atoms with Crippen LogP contribution >= 0.6 is 0 Å². The Labute approximate surface area is 127 Å². The highest BCUT2D eigenvalue weighted by atomic mass is 16.5. The van der Waals surface area contributed by atoms with Crippen molar-refractivity contribution in [3.05, 3.63) is 53.0 Å². The van der Waals surface area contributed by atoms with Crippen LogP contribution in [0.4, 0.5) is 0 Å². The number of hydrogen-bond donors (Lipinski definition) is 0. The summed E-state index contributed by atoms with van der Waals surface area (Å²) in [5, 5.41) is 0. The minimum Gasteiger partial charge on any atom is -0.473 e. The fourth-order valence-corrected chi connectivity index (χ4v) is 2.05. The van der Waals surface area contributed by atoms with Crippen molar-refractivity contribution in [2.24, 2.45) is 0 Å². The molecule has 0 atom stereocenters. The summed E-state index contributed by atoms with van der Waals surface area (Å²) in [6, 6.07) is 10.3. The van der Waals surface area contributed by atoms with Crippen molar-refractivity contribution >= 4 is 0 Å². The van der Waals surface area contributed by atoms with E-state index in [9.17, 15) is 0 Å². The third-order valence-corrected chi connectivity index (χ3v) is 3.32. The number of aromatic nitrogens is 2. The van der Waals surface area contributed by atoms with Crippen LogP contribution in [0.3, 0.4) is 0 Å². The van der Waals surface area contributed by atoms with E-state index in [1.807, 2.05) is 12.1 Å². The summed E-state index contributed by atoms with van der Waals surface area (Å²) in [5.41, 5.74) is 3.43. The van der Waals surface area contributed by atoms with Crippen molar-refractivity contribution in [3.8, 4) is 5.88 Å². The predicted molar refractivity (Wildman–Crippen MR) is 85.7 cm³/mol. The average Bonchev–Trinajstić information content (AvgIpc) is 2.45. The first-order valence-corrected chi connectivity index (χ1v) is 7.53. The van der Waals surface area contributed by atoms with Gasteiger partial charge in [0.25, 0.3) is 0 Å². The molecule has 2 aromatic rings. The summed E-state index contributed by atoms with van der Waals surface area (Å²) in [5.74, 6) is 2.18. The molecule has 0 aliphatic heterocycles. The number of ether oxygens (including phenoxy) is 1. The van der Waals surface area contributed by atoms with Crippen LogP contribution in [0.25, 0.3) is 0 Å². The van der Waals surface area contributed by atoms with Crippen LogP contribution in [-0.4, -0.2) is 9.97 Å². The van der Waals surface area contributed by atoms with Crippen molar-refractivity contribution in [1.29, 1.82) is 0 Å². The lowest BCUT2D eigenvalue weighted by atomic mass is 10.1. The summed E-state index contributed by atoms with van der Waals surface area (Å²) < 4.78 is 5.88. The molecule has 0 fully saturated rings. The Morgan fingerprint density at radius 2 is 1.76 bits per heavy atom. The molecule has 1 heterocycles. The first-order chi connectivity index (χ1) is 9.95. The van der Waals surface area contributed by atoms with Gasteiger partial charge in [-0.05, 0) is 18.4 Å². The highest BCUT2D eigenvalue weighted by Gasteiger charge is 2.11.